The largest absolute Gasteiger partial charge is 0.457 e. The molecule has 0 radical (unpaired) electrons. The van der Waals surface area contributed by atoms with Crippen molar-refractivity contribution in [2.75, 3.05) is 26.1 Å². The third kappa shape index (κ3) is 9.37. The molecule has 0 spiro atoms. The van der Waals surface area contributed by atoms with Crippen LogP contribution in [-0.4, -0.2) is 96.9 Å². The molecular formula is C39H56ClN3O9. The minimum absolute atomic E-state index is 0.0321. The lowest BCUT2D eigenvalue weighted by Gasteiger charge is -2.42. The van der Waals surface area contributed by atoms with Crippen LogP contribution in [0.3, 0.4) is 0 Å². The van der Waals surface area contributed by atoms with Crippen molar-refractivity contribution in [3.05, 3.63) is 52.1 Å². The molecule has 1 aromatic carbocycles. The number of methoxy groups -OCH3 is 1. The number of nitrogens with zero attached hydrogens (tertiary/aromatic N) is 2. The Kier molecular flexibility index (Phi) is 12.6. The second kappa shape index (κ2) is 15.9. The number of carbonyl (C=O) groups excluding carboxylic acids is 4. The van der Waals surface area contributed by atoms with E-state index >= 15 is 0 Å². The summed E-state index contributed by atoms with van der Waals surface area (Å²) < 4.78 is 23.7. The van der Waals surface area contributed by atoms with Crippen molar-refractivity contribution in [2.24, 2.45) is 11.3 Å². The first kappa shape index (κ1) is 41.3. The van der Waals surface area contributed by atoms with Crippen molar-refractivity contribution in [3.63, 3.8) is 0 Å². The zero-order chi connectivity index (χ0) is 38.9. The lowest BCUT2D eigenvalue weighted by molar-refractivity contribution is -0.162. The van der Waals surface area contributed by atoms with E-state index in [1.807, 2.05) is 59.8 Å². The van der Waals surface area contributed by atoms with Crippen LogP contribution in [0.25, 0.3) is 0 Å². The Hall–Kier alpha value is -3.45. The summed E-state index contributed by atoms with van der Waals surface area (Å²) in [7, 11) is 4.63. The normalized spacial score (nSPS) is 32.0. The average Bonchev–Trinajstić information content (AvgIpc) is 3.76. The van der Waals surface area contributed by atoms with Gasteiger partial charge in [0.05, 0.1) is 23.2 Å². The van der Waals surface area contributed by atoms with Gasteiger partial charge in [0.1, 0.15) is 30.0 Å². The number of fused-ring (bicyclic) bond motifs is 5. The van der Waals surface area contributed by atoms with Gasteiger partial charge in [0, 0.05) is 40.0 Å². The molecule has 12 nitrogen and oxygen atoms in total. The number of hydrogen-bond acceptors (Lipinski definition) is 9. The lowest BCUT2D eigenvalue weighted by atomic mass is 9.83. The highest BCUT2D eigenvalue weighted by Crippen LogP contribution is 2.49. The molecule has 1 aromatic rings. The molecule has 3 aliphatic rings. The first-order valence-electron chi connectivity index (χ1n) is 17.9. The molecule has 8 atom stereocenters. The highest BCUT2D eigenvalue weighted by atomic mass is 35.5. The first-order chi connectivity index (χ1) is 24.1. The zero-order valence-corrected chi connectivity index (χ0v) is 33.1. The summed E-state index contributed by atoms with van der Waals surface area (Å²) >= 11 is 6.77. The molecular weight excluding hydrogens is 690 g/mol. The van der Waals surface area contributed by atoms with Crippen molar-refractivity contribution < 1.29 is 43.2 Å². The Bertz CT molecular complexity index is 1610. The van der Waals surface area contributed by atoms with Gasteiger partial charge in [0.15, 0.2) is 5.72 Å². The fourth-order valence-corrected chi connectivity index (χ4v) is 7.15. The van der Waals surface area contributed by atoms with Gasteiger partial charge < -0.3 is 33.9 Å². The number of anilines is 1. The second-order valence-corrected chi connectivity index (χ2v) is 16.5. The number of aliphatic hydroxyl groups is 1. The van der Waals surface area contributed by atoms with E-state index in [9.17, 15) is 24.3 Å². The molecule has 0 aliphatic carbocycles. The quantitative estimate of drug-likeness (QED) is 0.279. The molecule has 2 saturated heterocycles. The Labute approximate surface area is 312 Å². The van der Waals surface area contributed by atoms with E-state index in [-0.39, 0.29) is 36.5 Å². The SMILES string of the molecule is CO[C@@H]1/C=C/C=C(\C)Cc2cc(C)c(Cl)c(c2)N(C)C(=O)C[C@H](OC(=O)[C@H](C)N(C)C(=O)CCC(C)(C)C)[C@]2(C)O[C@H]2[C@H](C)[C@@H]2C[C@@]1(O)NC(=O)O2. The number of likely N-dealkylation sites (N-methyl/N-ethyl adjacent to an activating group) is 1. The van der Waals surface area contributed by atoms with Gasteiger partial charge in [-0.15, -0.1) is 0 Å². The van der Waals surface area contributed by atoms with Crippen LogP contribution in [-0.2, 0) is 39.8 Å². The molecule has 288 valence electrons. The molecule has 2 fully saturated rings. The van der Waals surface area contributed by atoms with Crippen molar-refractivity contribution in [1.82, 2.24) is 10.2 Å². The summed E-state index contributed by atoms with van der Waals surface area (Å²) in [6.07, 6.45) is 2.20. The number of ether oxygens (including phenoxy) is 4. The van der Waals surface area contributed by atoms with Crippen molar-refractivity contribution in [3.8, 4) is 0 Å². The average molecular weight is 746 g/mol. The predicted molar refractivity (Wildman–Crippen MR) is 198 cm³/mol. The number of benzene rings is 1. The van der Waals surface area contributed by atoms with E-state index in [0.717, 1.165) is 16.7 Å². The third-order valence-electron chi connectivity index (χ3n) is 10.6. The number of halogens is 1. The highest BCUT2D eigenvalue weighted by molar-refractivity contribution is 6.34. The maximum Gasteiger partial charge on any atom is 0.409 e. The molecule has 2 N–H and O–H groups in total. The fourth-order valence-electron chi connectivity index (χ4n) is 6.91. The van der Waals surface area contributed by atoms with Gasteiger partial charge in [-0.25, -0.2) is 9.59 Å². The van der Waals surface area contributed by atoms with Gasteiger partial charge in [-0.3, -0.25) is 14.9 Å². The summed E-state index contributed by atoms with van der Waals surface area (Å²) in [5.74, 6) is -1.77. The van der Waals surface area contributed by atoms with Crippen LogP contribution in [0.5, 0.6) is 0 Å². The van der Waals surface area contributed by atoms with Crippen LogP contribution in [0, 0.1) is 18.3 Å². The molecule has 52 heavy (non-hydrogen) atoms. The number of alkyl carbamates (subject to hydrolysis) is 1. The maximum atomic E-state index is 14.1. The topological polar surface area (TPSA) is 147 Å². The van der Waals surface area contributed by atoms with Crippen LogP contribution in [0.1, 0.15) is 85.3 Å². The standard InChI is InChI=1S/C39H56ClN3O9/c1-22-13-12-14-29(49-11)39(48)21-28(50-36(47)41-39)24(3)34-38(8,52-34)30(51-35(46)25(4)42(9)31(44)15-16-37(5,6)7)20-32(45)43(10)27-19-26(17-22)18-23(2)33(27)40/h12-14,18-19,24-25,28-30,34,48H,15-17,20-21H2,1-11H3,(H,41,47)/b14-12+,22-13+/t24-,25+,28+,29-,30+,34+,38+,39+/m1/s1. The van der Waals surface area contributed by atoms with Gasteiger partial charge in [-0.05, 0) is 63.1 Å². The molecule has 3 amide bonds. The number of hydrogen-bond donors (Lipinski definition) is 2. The minimum Gasteiger partial charge on any atom is -0.457 e. The van der Waals surface area contributed by atoms with Gasteiger partial charge >= 0.3 is 12.1 Å². The number of esters is 1. The van der Waals surface area contributed by atoms with Crippen LogP contribution in [0.4, 0.5) is 10.5 Å². The number of rotatable bonds is 6. The van der Waals surface area contributed by atoms with Crippen LogP contribution in [0.2, 0.25) is 5.02 Å². The summed E-state index contributed by atoms with van der Waals surface area (Å²) in [4.78, 5) is 56.5. The van der Waals surface area contributed by atoms with E-state index in [4.69, 9.17) is 30.5 Å². The maximum absolute atomic E-state index is 14.1. The minimum atomic E-state index is -1.80. The molecule has 0 aromatic heterocycles. The molecule has 3 aliphatic heterocycles. The lowest BCUT2D eigenvalue weighted by Crippen LogP contribution is -2.63. The number of amides is 3. The Morgan fingerprint density at radius 1 is 1.23 bits per heavy atom. The van der Waals surface area contributed by atoms with Crippen LogP contribution >= 0.6 is 11.6 Å². The second-order valence-electron chi connectivity index (χ2n) is 16.1. The molecule has 3 heterocycles. The van der Waals surface area contributed by atoms with Gasteiger partial charge in [-0.1, -0.05) is 69.2 Å². The highest BCUT2D eigenvalue weighted by Gasteiger charge is 2.64. The molecule has 4 rings (SSSR count). The van der Waals surface area contributed by atoms with Crippen LogP contribution < -0.4 is 10.2 Å². The zero-order valence-electron chi connectivity index (χ0n) is 32.4. The van der Waals surface area contributed by atoms with E-state index in [1.165, 1.54) is 16.9 Å². The number of carbonyl (C=O) groups is 4. The van der Waals surface area contributed by atoms with Crippen molar-refractivity contribution in [1.29, 1.82) is 0 Å². The molecule has 0 unspecified atom stereocenters. The number of aryl methyl sites for hydroxylation is 1. The summed E-state index contributed by atoms with van der Waals surface area (Å²) in [5.41, 5.74) is 0.145. The number of epoxide rings is 1. The van der Waals surface area contributed by atoms with Gasteiger partial charge in [-0.2, -0.15) is 0 Å². The number of allylic oxidation sites excluding steroid dienone is 3. The van der Waals surface area contributed by atoms with E-state index in [1.54, 1.807) is 40.1 Å². The van der Waals surface area contributed by atoms with E-state index in [2.05, 4.69) is 5.32 Å². The fraction of sp³-hybridized carbons (Fsp3) is 0.641. The molecule has 0 saturated carbocycles. The predicted octanol–water partition coefficient (Wildman–Crippen LogP) is 5.64. The summed E-state index contributed by atoms with van der Waals surface area (Å²) in [5, 5.41) is 14.7. The Balaban J connectivity index is 1.72. The summed E-state index contributed by atoms with van der Waals surface area (Å²) in [6.45, 7) is 15.1. The van der Waals surface area contributed by atoms with Crippen molar-refractivity contribution in [2.45, 2.75) is 129 Å². The van der Waals surface area contributed by atoms with Crippen LogP contribution in [0.15, 0.2) is 35.9 Å². The van der Waals surface area contributed by atoms with E-state index < -0.39 is 59.8 Å². The monoisotopic (exact) mass is 745 g/mol. The summed E-state index contributed by atoms with van der Waals surface area (Å²) in [6, 6.07) is 2.88. The van der Waals surface area contributed by atoms with E-state index in [0.29, 0.717) is 23.6 Å². The number of nitrogens with one attached hydrogen (secondary N) is 1. The van der Waals surface area contributed by atoms with Crippen molar-refractivity contribution >= 4 is 41.2 Å². The molecule has 4 bridgehead atoms. The Morgan fingerprint density at radius 2 is 1.90 bits per heavy atom. The third-order valence-corrected chi connectivity index (χ3v) is 11.1. The molecule has 13 heteroatoms. The Morgan fingerprint density at radius 3 is 2.54 bits per heavy atom. The van der Waals surface area contributed by atoms with Gasteiger partial charge in [0.2, 0.25) is 11.8 Å². The van der Waals surface area contributed by atoms with Gasteiger partial charge in [0.25, 0.3) is 0 Å². The smallest absolute Gasteiger partial charge is 0.409 e. The first-order valence-corrected chi connectivity index (χ1v) is 18.3.